The average molecular weight is 488 g/mol. The van der Waals surface area contributed by atoms with Gasteiger partial charge in [-0.1, -0.05) is 67.9 Å². The number of hydrogen-bond acceptors (Lipinski definition) is 3. The molecule has 1 unspecified atom stereocenters. The zero-order chi connectivity index (χ0) is 25.1. The quantitative estimate of drug-likeness (QED) is 0.295. The van der Waals surface area contributed by atoms with E-state index in [2.05, 4.69) is 13.8 Å². The van der Waals surface area contributed by atoms with Crippen molar-refractivity contribution in [1.29, 1.82) is 0 Å². The normalized spacial score (nSPS) is 12.2. The van der Waals surface area contributed by atoms with Gasteiger partial charge in [0, 0.05) is 12.1 Å². The third kappa shape index (κ3) is 5.01. The van der Waals surface area contributed by atoms with E-state index in [4.69, 9.17) is 16.6 Å². The third-order valence-electron chi connectivity index (χ3n) is 6.32. The Morgan fingerprint density at radius 2 is 1.63 bits per heavy atom. The first-order valence-corrected chi connectivity index (χ1v) is 12.3. The fourth-order valence-electron chi connectivity index (χ4n) is 4.27. The van der Waals surface area contributed by atoms with Gasteiger partial charge >= 0.3 is 0 Å². The standard InChI is InChI=1S/C29H30ClN3O2/c1-19(2)17-18-32(28(34)22-12-6-5-11-20(22)3)21(4)27-31-25-15-9-7-13-23(25)29(35)33(27)26-16-10-8-14-24(26)30/h5-16,19,21H,17-18H2,1-4H3. The van der Waals surface area contributed by atoms with Crippen LogP contribution in [0.4, 0.5) is 0 Å². The van der Waals surface area contributed by atoms with Gasteiger partial charge in [0.05, 0.1) is 27.7 Å². The van der Waals surface area contributed by atoms with E-state index in [1.165, 1.54) is 0 Å². The van der Waals surface area contributed by atoms with Gasteiger partial charge in [0.2, 0.25) is 0 Å². The predicted molar refractivity (Wildman–Crippen MR) is 142 cm³/mol. The number of fused-ring (bicyclic) bond motifs is 1. The summed E-state index contributed by atoms with van der Waals surface area (Å²) in [6.07, 6.45) is 0.825. The molecule has 0 spiro atoms. The zero-order valence-electron chi connectivity index (χ0n) is 20.5. The lowest BCUT2D eigenvalue weighted by Crippen LogP contribution is -2.38. The van der Waals surface area contributed by atoms with E-state index >= 15 is 0 Å². The Morgan fingerprint density at radius 1 is 0.971 bits per heavy atom. The SMILES string of the molecule is Cc1ccccc1C(=O)N(CCC(C)C)C(C)c1nc2ccccc2c(=O)n1-c1ccccc1Cl. The summed E-state index contributed by atoms with van der Waals surface area (Å²) in [5.74, 6) is 0.807. The fourth-order valence-corrected chi connectivity index (χ4v) is 4.49. The lowest BCUT2D eigenvalue weighted by atomic mass is 10.0. The Kier molecular flexibility index (Phi) is 7.37. The maximum atomic E-state index is 13.8. The first-order valence-electron chi connectivity index (χ1n) is 11.9. The molecule has 0 aliphatic heterocycles. The van der Waals surface area contributed by atoms with Gasteiger partial charge in [-0.3, -0.25) is 14.2 Å². The van der Waals surface area contributed by atoms with Crippen LogP contribution in [-0.2, 0) is 0 Å². The molecule has 35 heavy (non-hydrogen) atoms. The smallest absolute Gasteiger partial charge is 0.266 e. The molecule has 0 bridgehead atoms. The second-order valence-electron chi connectivity index (χ2n) is 9.25. The molecule has 0 fully saturated rings. The van der Waals surface area contributed by atoms with Gasteiger partial charge < -0.3 is 4.90 Å². The van der Waals surface area contributed by atoms with Crippen LogP contribution in [0.1, 0.15) is 55.0 Å². The zero-order valence-corrected chi connectivity index (χ0v) is 21.3. The molecule has 180 valence electrons. The molecule has 0 aliphatic rings. The first-order chi connectivity index (χ1) is 16.8. The molecule has 1 aromatic heterocycles. The molecule has 0 radical (unpaired) electrons. The highest BCUT2D eigenvalue weighted by Gasteiger charge is 2.28. The molecular weight excluding hydrogens is 458 g/mol. The summed E-state index contributed by atoms with van der Waals surface area (Å²) in [6, 6.07) is 21.6. The summed E-state index contributed by atoms with van der Waals surface area (Å²) in [5, 5.41) is 0.946. The molecule has 0 saturated heterocycles. The summed E-state index contributed by atoms with van der Waals surface area (Å²) in [6.45, 7) is 8.67. The lowest BCUT2D eigenvalue weighted by molar-refractivity contribution is 0.0670. The molecule has 5 nitrogen and oxygen atoms in total. The topological polar surface area (TPSA) is 55.2 Å². The van der Waals surface area contributed by atoms with Crippen LogP contribution < -0.4 is 5.56 Å². The molecule has 1 amide bonds. The van der Waals surface area contributed by atoms with Crippen LogP contribution in [0.2, 0.25) is 5.02 Å². The van der Waals surface area contributed by atoms with Gasteiger partial charge in [0.25, 0.3) is 11.5 Å². The van der Waals surface area contributed by atoms with Crippen LogP contribution in [0.3, 0.4) is 0 Å². The largest absolute Gasteiger partial charge is 0.329 e. The Balaban J connectivity index is 1.93. The number of para-hydroxylation sites is 2. The van der Waals surface area contributed by atoms with Crippen LogP contribution in [0.5, 0.6) is 0 Å². The van der Waals surface area contributed by atoms with E-state index in [-0.39, 0.29) is 11.5 Å². The number of hydrogen-bond donors (Lipinski definition) is 0. The second-order valence-corrected chi connectivity index (χ2v) is 9.66. The summed E-state index contributed by atoms with van der Waals surface area (Å²) in [7, 11) is 0. The lowest BCUT2D eigenvalue weighted by Gasteiger charge is -2.31. The van der Waals surface area contributed by atoms with Crippen molar-refractivity contribution in [2.45, 2.75) is 40.2 Å². The number of benzene rings is 3. The molecule has 0 aliphatic carbocycles. The van der Waals surface area contributed by atoms with E-state index < -0.39 is 6.04 Å². The molecule has 6 heteroatoms. The molecule has 1 heterocycles. The van der Waals surface area contributed by atoms with Crippen LogP contribution in [0.15, 0.2) is 77.6 Å². The van der Waals surface area contributed by atoms with E-state index in [1.54, 1.807) is 22.8 Å². The molecule has 0 saturated carbocycles. The van der Waals surface area contributed by atoms with Crippen molar-refractivity contribution >= 4 is 28.4 Å². The summed E-state index contributed by atoms with van der Waals surface area (Å²) in [4.78, 5) is 34.3. The predicted octanol–water partition coefficient (Wildman–Crippen LogP) is 6.60. The third-order valence-corrected chi connectivity index (χ3v) is 6.64. The van der Waals surface area contributed by atoms with Crippen molar-refractivity contribution in [3.63, 3.8) is 0 Å². The maximum absolute atomic E-state index is 13.8. The number of carbonyl (C=O) groups excluding carboxylic acids is 1. The van der Waals surface area contributed by atoms with E-state index in [1.807, 2.05) is 73.3 Å². The molecule has 0 N–H and O–H groups in total. The summed E-state index contributed by atoms with van der Waals surface area (Å²) >= 11 is 6.55. The minimum Gasteiger partial charge on any atom is -0.329 e. The number of aryl methyl sites for hydroxylation is 1. The van der Waals surface area contributed by atoms with E-state index in [9.17, 15) is 9.59 Å². The number of halogens is 1. The number of nitrogens with zero attached hydrogens (tertiary/aromatic N) is 3. The molecular formula is C29H30ClN3O2. The Labute approximate surface area is 211 Å². The molecule has 1 atom stereocenters. The van der Waals surface area contributed by atoms with Gasteiger partial charge in [-0.15, -0.1) is 0 Å². The number of rotatable bonds is 7. The Morgan fingerprint density at radius 3 is 2.34 bits per heavy atom. The van der Waals surface area contributed by atoms with Gasteiger partial charge in [0.1, 0.15) is 5.82 Å². The average Bonchev–Trinajstić information content (AvgIpc) is 2.84. The molecule has 4 aromatic rings. The highest BCUT2D eigenvalue weighted by Crippen LogP contribution is 2.28. The van der Waals surface area contributed by atoms with E-state index in [0.29, 0.717) is 45.5 Å². The van der Waals surface area contributed by atoms with Crippen molar-refractivity contribution in [3.8, 4) is 5.69 Å². The number of aromatic nitrogens is 2. The van der Waals surface area contributed by atoms with Crippen LogP contribution in [0.25, 0.3) is 16.6 Å². The molecule has 4 rings (SSSR count). The van der Waals surface area contributed by atoms with Gasteiger partial charge in [0.15, 0.2) is 0 Å². The summed E-state index contributed by atoms with van der Waals surface area (Å²) in [5.41, 5.74) is 2.49. The monoisotopic (exact) mass is 487 g/mol. The van der Waals surface area contributed by atoms with Crippen molar-refractivity contribution in [1.82, 2.24) is 14.5 Å². The first kappa shape index (κ1) is 24.7. The second kappa shape index (κ2) is 10.4. The van der Waals surface area contributed by atoms with Crippen molar-refractivity contribution in [2.75, 3.05) is 6.54 Å². The van der Waals surface area contributed by atoms with E-state index in [0.717, 1.165) is 12.0 Å². The maximum Gasteiger partial charge on any atom is 0.266 e. The molecule has 3 aromatic carbocycles. The number of carbonyl (C=O) groups is 1. The van der Waals surface area contributed by atoms with Crippen LogP contribution in [-0.4, -0.2) is 26.9 Å². The Hall–Kier alpha value is -3.44. The minimum absolute atomic E-state index is 0.0793. The summed E-state index contributed by atoms with van der Waals surface area (Å²) < 4.78 is 1.56. The van der Waals surface area contributed by atoms with Crippen molar-refractivity contribution in [3.05, 3.63) is 105 Å². The Bertz CT molecular complexity index is 1430. The van der Waals surface area contributed by atoms with Crippen LogP contribution in [0, 0.1) is 12.8 Å². The van der Waals surface area contributed by atoms with Gasteiger partial charge in [-0.2, -0.15) is 0 Å². The highest BCUT2D eigenvalue weighted by molar-refractivity contribution is 6.32. The van der Waals surface area contributed by atoms with Crippen LogP contribution >= 0.6 is 11.6 Å². The van der Waals surface area contributed by atoms with Crippen molar-refractivity contribution < 1.29 is 4.79 Å². The minimum atomic E-state index is -0.477. The number of amides is 1. The van der Waals surface area contributed by atoms with Gasteiger partial charge in [-0.05, 0) is 62.1 Å². The van der Waals surface area contributed by atoms with Crippen molar-refractivity contribution in [2.24, 2.45) is 5.92 Å². The highest BCUT2D eigenvalue weighted by atomic mass is 35.5. The fraction of sp³-hybridized carbons (Fsp3) is 0.276. The van der Waals surface area contributed by atoms with Gasteiger partial charge in [-0.25, -0.2) is 4.98 Å².